The van der Waals surface area contributed by atoms with Crippen molar-refractivity contribution in [2.75, 3.05) is 0 Å². The van der Waals surface area contributed by atoms with Crippen molar-refractivity contribution in [2.45, 2.75) is 0 Å². The molecule has 0 atom stereocenters. The van der Waals surface area contributed by atoms with Gasteiger partial charge in [-0.3, -0.25) is 0 Å². The summed E-state index contributed by atoms with van der Waals surface area (Å²) in [5.74, 6) is 0.280. The fourth-order valence-electron chi connectivity index (χ4n) is 2.34. The number of hydrogen-bond acceptors (Lipinski definition) is 1. The highest BCUT2D eigenvalue weighted by Crippen LogP contribution is 2.28. The van der Waals surface area contributed by atoms with E-state index in [1.54, 1.807) is 12.1 Å². The summed E-state index contributed by atoms with van der Waals surface area (Å²) in [6, 6.07) is 27.8. The largest absolute Gasteiger partial charge is 0.508 e. The van der Waals surface area contributed by atoms with Crippen LogP contribution in [0.3, 0.4) is 0 Å². The lowest BCUT2D eigenvalue weighted by atomic mass is 9.95. The normalized spacial score (nSPS) is 11.3. The zero-order chi connectivity index (χ0) is 14.5. The third-order valence-corrected chi connectivity index (χ3v) is 3.35. The minimum atomic E-state index is 0.280. The smallest absolute Gasteiger partial charge is 0.116 e. The first-order valence-electron chi connectivity index (χ1n) is 6.94. The molecule has 3 aromatic rings. The van der Waals surface area contributed by atoms with Crippen molar-refractivity contribution in [2.24, 2.45) is 0 Å². The van der Waals surface area contributed by atoms with Gasteiger partial charge >= 0.3 is 0 Å². The van der Waals surface area contributed by atoms with Gasteiger partial charge < -0.3 is 5.11 Å². The lowest BCUT2D eigenvalue weighted by molar-refractivity contribution is 0.475. The average Bonchev–Trinajstić information content (AvgIpc) is 2.54. The average molecular weight is 272 g/mol. The summed E-state index contributed by atoms with van der Waals surface area (Å²) in [4.78, 5) is 0. The number of phenols is 1. The predicted octanol–water partition coefficient (Wildman–Crippen LogP) is 4.98. The molecule has 0 aliphatic rings. The fraction of sp³-hybridized carbons (Fsp3) is 0. The maximum atomic E-state index is 9.75. The van der Waals surface area contributed by atoms with Crippen LogP contribution in [0.4, 0.5) is 0 Å². The number of benzene rings is 3. The van der Waals surface area contributed by atoms with Crippen molar-refractivity contribution >= 4 is 11.6 Å². The number of rotatable bonds is 3. The predicted molar refractivity (Wildman–Crippen MR) is 88.0 cm³/mol. The summed E-state index contributed by atoms with van der Waals surface area (Å²) in [5, 5.41) is 9.75. The molecule has 0 saturated carbocycles. The molecule has 3 rings (SSSR count). The van der Waals surface area contributed by atoms with Crippen LogP contribution in [-0.2, 0) is 0 Å². The number of aromatic hydroxyl groups is 1. The highest BCUT2D eigenvalue weighted by Gasteiger charge is 2.05. The van der Waals surface area contributed by atoms with Crippen molar-refractivity contribution in [1.29, 1.82) is 0 Å². The van der Waals surface area contributed by atoms with E-state index in [4.69, 9.17) is 0 Å². The van der Waals surface area contributed by atoms with Gasteiger partial charge in [0.1, 0.15) is 5.75 Å². The summed E-state index contributed by atoms with van der Waals surface area (Å²) >= 11 is 0. The SMILES string of the molecule is Oc1cccc(/C(=C/c2ccccc2)c2ccccc2)c1. The number of phenolic OH excluding ortho intramolecular Hbond substituents is 1. The van der Waals surface area contributed by atoms with Gasteiger partial charge in [-0.2, -0.15) is 0 Å². The van der Waals surface area contributed by atoms with Crippen LogP contribution in [0.5, 0.6) is 5.75 Å². The Morgan fingerprint density at radius 2 is 1.29 bits per heavy atom. The third-order valence-electron chi connectivity index (χ3n) is 3.35. The van der Waals surface area contributed by atoms with Gasteiger partial charge in [-0.1, -0.05) is 72.8 Å². The maximum absolute atomic E-state index is 9.75. The standard InChI is InChI=1S/C20H16O/c21-19-13-7-12-18(15-19)20(17-10-5-2-6-11-17)14-16-8-3-1-4-9-16/h1-15,21H/b20-14+. The van der Waals surface area contributed by atoms with Gasteiger partial charge in [0, 0.05) is 0 Å². The second-order valence-corrected chi connectivity index (χ2v) is 4.89. The van der Waals surface area contributed by atoms with Crippen molar-refractivity contribution in [1.82, 2.24) is 0 Å². The van der Waals surface area contributed by atoms with Crippen LogP contribution in [0.15, 0.2) is 84.9 Å². The molecule has 21 heavy (non-hydrogen) atoms. The Bertz CT molecular complexity index is 743. The minimum Gasteiger partial charge on any atom is -0.508 e. The van der Waals surface area contributed by atoms with Gasteiger partial charge in [0.05, 0.1) is 0 Å². The molecule has 0 radical (unpaired) electrons. The molecule has 0 saturated heterocycles. The molecule has 0 unspecified atom stereocenters. The Morgan fingerprint density at radius 3 is 1.95 bits per heavy atom. The van der Waals surface area contributed by atoms with Crippen molar-refractivity contribution in [3.8, 4) is 5.75 Å². The summed E-state index contributed by atoms with van der Waals surface area (Å²) in [7, 11) is 0. The van der Waals surface area contributed by atoms with Crippen LogP contribution in [0, 0.1) is 0 Å². The summed E-state index contributed by atoms with van der Waals surface area (Å²) < 4.78 is 0. The van der Waals surface area contributed by atoms with Gasteiger partial charge in [0.15, 0.2) is 0 Å². The lowest BCUT2D eigenvalue weighted by Gasteiger charge is -2.09. The molecule has 0 bridgehead atoms. The second-order valence-electron chi connectivity index (χ2n) is 4.89. The van der Waals surface area contributed by atoms with Gasteiger partial charge in [-0.15, -0.1) is 0 Å². The third kappa shape index (κ3) is 3.21. The fourth-order valence-corrected chi connectivity index (χ4v) is 2.34. The first-order valence-corrected chi connectivity index (χ1v) is 6.94. The molecule has 1 nitrogen and oxygen atoms in total. The van der Waals surface area contributed by atoms with Crippen LogP contribution < -0.4 is 0 Å². The van der Waals surface area contributed by atoms with Gasteiger partial charge in [-0.05, 0) is 40.5 Å². The van der Waals surface area contributed by atoms with E-state index < -0.39 is 0 Å². The highest BCUT2D eigenvalue weighted by atomic mass is 16.3. The van der Waals surface area contributed by atoms with E-state index in [0.29, 0.717) is 0 Å². The van der Waals surface area contributed by atoms with Crippen LogP contribution >= 0.6 is 0 Å². The van der Waals surface area contributed by atoms with Crippen LogP contribution in [0.2, 0.25) is 0 Å². The van der Waals surface area contributed by atoms with E-state index in [0.717, 1.165) is 22.3 Å². The second kappa shape index (κ2) is 6.10. The summed E-state index contributed by atoms with van der Waals surface area (Å²) in [6.45, 7) is 0. The molecule has 0 aliphatic carbocycles. The molecule has 1 heteroatoms. The van der Waals surface area contributed by atoms with Gasteiger partial charge in [0.25, 0.3) is 0 Å². The van der Waals surface area contributed by atoms with Crippen molar-refractivity contribution in [3.63, 3.8) is 0 Å². The molecule has 3 aromatic carbocycles. The molecule has 0 aromatic heterocycles. The molecule has 0 aliphatic heterocycles. The highest BCUT2D eigenvalue weighted by molar-refractivity contribution is 5.91. The molecule has 0 fully saturated rings. The zero-order valence-electron chi connectivity index (χ0n) is 11.6. The topological polar surface area (TPSA) is 20.2 Å². The quantitative estimate of drug-likeness (QED) is 0.667. The maximum Gasteiger partial charge on any atom is 0.116 e. The van der Waals surface area contributed by atoms with Gasteiger partial charge in [0.2, 0.25) is 0 Å². The van der Waals surface area contributed by atoms with E-state index in [9.17, 15) is 5.11 Å². The Hall–Kier alpha value is -2.80. The van der Waals surface area contributed by atoms with E-state index in [1.165, 1.54) is 0 Å². The van der Waals surface area contributed by atoms with Crippen LogP contribution in [-0.4, -0.2) is 5.11 Å². The number of hydrogen-bond donors (Lipinski definition) is 1. The van der Waals surface area contributed by atoms with Crippen LogP contribution in [0.1, 0.15) is 16.7 Å². The molecular weight excluding hydrogens is 256 g/mol. The Balaban J connectivity index is 2.14. The lowest BCUT2D eigenvalue weighted by Crippen LogP contribution is -1.88. The Morgan fingerprint density at radius 1 is 0.667 bits per heavy atom. The van der Waals surface area contributed by atoms with E-state index in [1.807, 2.05) is 48.5 Å². The van der Waals surface area contributed by atoms with Crippen molar-refractivity contribution in [3.05, 3.63) is 102 Å². The first kappa shape index (κ1) is 13.2. The molecular formula is C20H16O. The zero-order valence-corrected chi connectivity index (χ0v) is 11.6. The van der Waals surface area contributed by atoms with Crippen molar-refractivity contribution < 1.29 is 5.11 Å². The minimum absolute atomic E-state index is 0.280. The molecule has 0 spiro atoms. The van der Waals surface area contributed by atoms with Gasteiger partial charge in [-0.25, -0.2) is 0 Å². The van der Waals surface area contributed by atoms with Crippen LogP contribution in [0.25, 0.3) is 11.6 Å². The Labute approximate surface area is 124 Å². The molecule has 102 valence electrons. The molecule has 0 amide bonds. The first-order chi connectivity index (χ1) is 10.3. The molecule has 1 N–H and O–H groups in total. The molecule has 0 heterocycles. The summed E-state index contributed by atoms with van der Waals surface area (Å²) in [6.07, 6.45) is 2.14. The Kier molecular flexibility index (Phi) is 3.83. The monoisotopic (exact) mass is 272 g/mol. The van der Waals surface area contributed by atoms with E-state index >= 15 is 0 Å². The van der Waals surface area contributed by atoms with E-state index in [-0.39, 0.29) is 5.75 Å². The van der Waals surface area contributed by atoms with E-state index in [2.05, 4.69) is 30.3 Å². The summed E-state index contributed by atoms with van der Waals surface area (Å²) in [5.41, 5.74) is 4.37.